The summed E-state index contributed by atoms with van der Waals surface area (Å²) in [5, 5.41) is 30.5. The number of hydrogen-bond donors (Lipinski definition) is 5. The zero-order chi connectivity index (χ0) is 15.5. The van der Waals surface area contributed by atoms with Crippen molar-refractivity contribution in [2.45, 2.75) is 6.10 Å². The van der Waals surface area contributed by atoms with Crippen LogP contribution in [-0.4, -0.2) is 44.5 Å². The van der Waals surface area contributed by atoms with Gasteiger partial charge in [0.05, 0.1) is 23.7 Å². The third-order valence-electron chi connectivity index (χ3n) is 3.38. The minimum Gasteiger partial charge on any atom is -0.508 e. The third kappa shape index (κ3) is 3.03. The van der Waals surface area contributed by atoms with Crippen LogP contribution in [0.4, 0.5) is 5.69 Å². The van der Waals surface area contributed by atoms with Crippen LogP contribution in [-0.2, 0) is 0 Å². The molecular formula is C16H17N3O3. The molecule has 3 aromatic rings. The Kier molecular flexibility index (Phi) is 3.95. The van der Waals surface area contributed by atoms with E-state index in [4.69, 9.17) is 5.11 Å². The van der Waals surface area contributed by atoms with E-state index in [0.717, 1.165) is 28.1 Å². The SMILES string of the molecule is OCC(O)CNc1ccc2nc(-c3ccc(O)cc3)[nH]c2c1. The van der Waals surface area contributed by atoms with E-state index in [9.17, 15) is 10.2 Å². The summed E-state index contributed by atoms with van der Waals surface area (Å²) in [6.07, 6.45) is -0.787. The van der Waals surface area contributed by atoms with E-state index in [0.29, 0.717) is 0 Å². The van der Waals surface area contributed by atoms with E-state index >= 15 is 0 Å². The normalized spacial score (nSPS) is 12.5. The van der Waals surface area contributed by atoms with Crippen molar-refractivity contribution < 1.29 is 15.3 Å². The lowest BCUT2D eigenvalue weighted by Gasteiger charge is -2.09. The quantitative estimate of drug-likeness (QED) is 0.493. The molecule has 22 heavy (non-hydrogen) atoms. The molecule has 6 heteroatoms. The first-order chi connectivity index (χ1) is 10.7. The third-order valence-corrected chi connectivity index (χ3v) is 3.38. The van der Waals surface area contributed by atoms with Gasteiger partial charge in [0.15, 0.2) is 0 Å². The Morgan fingerprint density at radius 2 is 1.91 bits per heavy atom. The minimum atomic E-state index is -0.787. The van der Waals surface area contributed by atoms with Gasteiger partial charge in [0.25, 0.3) is 0 Å². The number of rotatable bonds is 5. The van der Waals surface area contributed by atoms with Crippen LogP contribution in [0.2, 0.25) is 0 Å². The lowest BCUT2D eigenvalue weighted by molar-refractivity contribution is 0.105. The Bertz CT molecular complexity index is 768. The second-order valence-electron chi connectivity index (χ2n) is 5.08. The summed E-state index contributed by atoms with van der Waals surface area (Å²) in [6.45, 7) is 0.00522. The average molecular weight is 299 g/mol. The van der Waals surface area contributed by atoms with Crippen LogP contribution in [0.3, 0.4) is 0 Å². The predicted octanol–water partition coefficient (Wildman–Crippen LogP) is 1.70. The van der Waals surface area contributed by atoms with Gasteiger partial charge in [0, 0.05) is 17.8 Å². The van der Waals surface area contributed by atoms with Gasteiger partial charge in [-0.15, -0.1) is 0 Å². The first-order valence-electron chi connectivity index (χ1n) is 6.97. The van der Waals surface area contributed by atoms with Crippen molar-refractivity contribution in [1.82, 2.24) is 9.97 Å². The summed E-state index contributed by atoms with van der Waals surface area (Å²) >= 11 is 0. The smallest absolute Gasteiger partial charge is 0.138 e. The monoisotopic (exact) mass is 299 g/mol. The molecule has 0 saturated carbocycles. The molecule has 0 saturated heterocycles. The molecular weight excluding hydrogens is 282 g/mol. The number of aliphatic hydroxyl groups excluding tert-OH is 2. The van der Waals surface area contributed by atoms with E-state index in [1.54, 1.807) is 24.3 Å². The van der Waals surface area contributed by atoms with Crippen LogP contribution in [0.25, 0.3) is 22.4 Å². The molecule has 0 fully saturated rings. The van der Waals surface area contributed by atoms with E-state index in [-0.39, 0.29) is 18.9 Å². The van der Waals surface area contributed by atoms with Crippen LogP contribution < -0.4 is 5.32 Å². The maximum atomic E-state index is 9.35. The van der Waals surface area contributed by atoms with Crippen LogP contribution >= 0.6 is 0 Å². The van der Waals surface area contributed by atoms with Gasteiger partial charge < -0.3 is 25.6 Å². The zero-order valence-corrected chi connectivity index (χ0v) is 11.8. The Morgan fingerprint density at radius 3 is 2.64 bits per heavy atom. The van der Waals surface area contributed by atoms with Gasteiger partial charge in [-0.2, -0.15) is 0 Å². The van der Waals surface area contributed by atoms with Crippen LogP contribution in [0, 0.1) is 0 Å². The molecule has 0 aliphatic carbocycles. The molecule has 3 rings (SSSR count). The number of nitrogens with one attached hydrogen (secondary N) is 2. The number of H-pyrrole nitrogens is 1. The van der Waals surface area contributed by atoms with E-state index in [1.807, 2.05) is 18.2 Å². The number of fused-ring (bicyclic) bond motifs is 1. The molecule has 0 aliphatic rings. The summed E-state index contributed by atoms with van der Waals surface area (Å²) in [5.41, 5.74) is 3.42. The van der Waals surface area contributed by atoms with Crippen molar-refractivity contribution in [1.29, 1.82) is 0 Å². The van der Waals surface area contributed by atoms with Crippen molar-refractivity contribution >= 4 is 16.7 Å². The Morgan fingerprint density at radius 1 is 1.14 bits per heavy atom. The van der Waals surface area contributed by atoms with Crippen LogP contribution in [0.15, 0.2) is 42.5 Å². The van der Waals surface area contributed by atoms with Crippen molar-refractivity contribution in [3.8, 4) is 17.1 Å². The molecule has 0 radical (unpaired) electrons. The Balaban J connectivity index is 1.85. The van der Waals surface area contributed by atoms with Crippen LogP contribution in [0.1, 0.15) is 0 Å². The highest BCUT2D eigenvalue weighted by Gasteiger charge is 2.07. The van der Waals surface area contributed by atoms with Gasteiger partial charge in [0.2, 0.25) is 0 Å². The second kappa shape index (κ2) is 6.05. The number of anilines is 1. The summed E-state index contributed by atoms with van der Waals surface area (Å²) in [7, 11) is 0. The highest BCUT2D eigenvalue weighted by Crippen LogP contribution is 2.24. The van der Waals surface area contributed by atoms with Gasteiger partial charge in [-0.05, 0) is 42.5 Å². The van der Waals surface area contributed by atoms with Crippen molar-refractivity contribution in [3.05, 3.63) is 42.5 Å². The minimum absolute atomic E-state index is 0.216. The number of phenolic OH excluding ortho intramolecular Hbond substituents is 1. The number of imidazole rings is 1. The molecule has 114 valence electrons. The fourth-order valence-corrected chi connectivity index (χ4v) is 2.18. The number of aromatic nitrogens is 2. The molecule has 2 aromatic carbocycles. The highest BCUT2D eigenvalue weighted by molar-refractivity contribution is 5.82. The number of nitrogens with zero attached hydrogens (tertiary/aromatic N) is 1. The van der Waals surface area contributed by atoms with Gasteiger partial charge >= 0.3 is 0 Å². The van der Waals surface area contributed by atoms with Gasteiger partial charge in [-0.1, -0.05) is 0 Å². The van der Waals surface area contributed by atoms with Crippen molar-refractivity contribution in [3.63, 3.8) is 0 Å². The van der Waals surface area contributed by atoms with Gasteiger partial charge in [-0.3, -0.25) is 0 Å². The lowest BCUT2D eigenvalue weighted by atomic mass is 10.2. The first-order valence-corrected chi connectivity index (χ1v) is 6.97. The number of aromatic amines is 1. The molecule has 1 unspecified atom stereocenters. The fourth-order valence-electron chi connectivity index (χ4n) is 2.18. The zero-order valence-electron chi connectivity index (χ0n) is 11.8. The number of aliphatic hydroxyl groups is 2. The van der Waals surface area contributed by atoms with Gasteiger partial charge in [-0.25, -0.2) is 4.98 Å². The Labute approximate surface area is 127 Å². The number of hydrogen-bond acceptors (Lipinski definition) is 5. The molecule has 1 aromatic heterocycles. The fraction of sp³-hybridized carbons (Fsp3) is 0.188. The summed E-state index contributed by atoms with van der Waals surface area (Å²) < 4.78 is 0. The van der Waals surface area contributed by atoms with Crippen LogP contribution in [0.5, 0.6) is 5.75 Å². The highest BCUT2D eigenvalue weighted by atomic mass is 16.3. The topological polar surface area (TPSA) is 101 Å². The molecule has 1 heterocycles. The maximum Gasteiger partial charge on any atom is 0.138 e. The second-order valence-corrected chi connectivity index (χ2v) is 5.08. The van der Waals surface area contributed by atoms with Gasteiger partial charge in [0.1, 0.15) is 11.6 Å². The predicted molar refractivity (Wildman–Crippen MR) is 84.8 cm³/mol. The number of phenols is 1. The number of aromatic hydroxyl groups is 1. The maximum absolute atomic E-state index is 9.35. The Hall–Kier alpha value is -2.57. The summed E-state index contributed by atoms with van der Waals surface area (Å²) in [6, 6.07) is 12.5. The van der Waals surface area contributed by atoms with E-state index < -0.39 is 6.10 Å². The van der Waals surface area contributed by atoms with Crippen molar-refractivity contribution in [2.24, 2.45) is 0 Å². The standard InChI is InChI=1S/C16H17N3O3/c20-9-13(22)8-17-11-3-6-14-15(7-11)19-16(18-14)10-1-4-12(21)5-2-10/h1-7,13,17,20-22H,8-9H2,(H,18,19). The van der Waals surface area contributed by atoms with E-state index in [2.05, 4.69) is 15.3 Å². The largest absolute Gasteiger partial charge is 0.508 e. The molecule has 0 bridgehead atoms. The summed E-state index contributed by atoms with van der Waals surface area (Å²) in [5.74, 6) is 0.941. The number of benzene rings is 2. The average Bonchev–Trinajstić information content (AvgIpc) is 2.96. The molecule has 6 nitrogen and oxygen atoms in total. The van der Waals surface area contributed by atoms with Crippen molar-refractivity contribution in [2.75, 3.05) is 18.5 Å². The molecule has 0 aliphatic heterocycles. The molecule has 5 N–H and O–H groups in total. The lowest BCUT2D eigenvalue weighted by Crippen LogP contribution is -2.22. The molecule has 0 amide bonds. The van der Waals surface area contributed by atoms with E-state index in [1.165, 1.54) is 0 Å². The molecule has 1 atom stereocenters. The first kappa shape index (κ1) is 14.4. The summed E-state index contributed by atoms with van der Waals surface area (Å²) in [4.78, 5) is 7.74. The molecule has 0 spiro atoms.